The monoisotopic (exact) mass is 389 g/mol. The largest absolute Gasteiger partial charge is 0.369 e. The molecule has 0 saturated heterocycles. The van der Waals surface area contributed by atoms with E-state index in [1.54, 1.807) is 0 Å². The van der Waals surface area contributed by atoms with Gasteiger partial charge in [-0.1, -0.05) is 19.9 Å². The molecule has 156 valence electrons. The minimum absolute atomic E-state index is 0.0502. The zero-order valence-corrected chi connectivity index (χ0v) is 17.2. The normalized spacial score (nSPS) is 44.9. The molecular formula is C22H35N3O3. The fourth-order valence-corrected chi connectivity index (χ4v) is 7.30. The molecule has 0 heterocycles. The molecule has 0 aromatic heterocycles. The van der Waals surface area contributed by atoms with Gasteiger partial charge in [0, 0.05) is 30.0 Å². The molecule has 5 N–H and O–H groups in total. The Bertz CT molecular complexity index is 693. The molecule has 0 bridgehead atoms. The molecule has 4 aliphatic rings. The molecule has 28 heavy (non-hydrogen) atoms. The highest BCUT2D eigenvalue weighted by Gasteiger charge is 2.62. The van der Waals surface area contributed by atoms with Crippen LogP contribution in [0.4, 0.5) is 0 Å². The quantitative estimate of drug-likeness (QED) is 0.494. The van der Waals surface area contributed by atoms with E-state index in [-0.39, 0.29) is 28.6 Å². The molecule has 4 rings (SSSR count). The van der Waals surface area contributed by atoms with Gasteiger partial charge in [-0.05, 0) is 67.6 Å². The minimum atomic E-state index is -0.202. The Balaban J connectivity index is 1.64. The average molecular weight is 390 g/mol. The lowest BCUT2D eigenvalue weighted by atomic mass is 9.44. The molecule has 0 aromatic rings. The second-order valence-electron chi connectivity index (χ2n) is 10.0. The van der Waals surface area contributed by atoms with Gasteiger partial charge in [-0.2, -0.15) is 0 Å². The Kier molecular flexibility index (Phi) is 5.07. The standard InChI is InChI=1S/C22H35N3O3/c1-21-7-5-13(25-28-10-9-23)11-18(21)15(20(24)27)12-14-16-3-4-19(26)22(16,2)8-6-17(14)21/h11,14-18,25H,3-10,12,23H2,1-2H3,(H2,24,27)/t14-,15-,16-,17-,18?,21+,22-/m0/s1. The fourth-order valence-electron chi connectivity index (χ4n) is 7.30. The van der Waals surface area contributed by atoms with Gasteiger partial charge in [0.15, 0.2) is 0 Å². The van der Waals surface area contributed by atoms with Gasteiger partial charge in [0.05, 0.1) is 6.61 Å². The van der Waals surface area contributed by atoms with E-state index in [0.29, 0.717) is 43.1 Å². The van der Waals surface area contributed by atoms with E-state index < -0.39 is 0 Å². The first-order chi connectivity index (χ1) is 13.3. The molecular weight excluding hydrogens is 354 g/mol. The summed E-state index contributed by atoms with van der Waals surface area (Å²) in [6.45, 7) is 5.46. The van der Waals surface area contributed by atoms with E-state index in [9.17, 15) is 9.59 Å². The summed E-state index contributed by atoms with van der Waals surface area (Å²) in [5.74, 6) is 1.59. The summed E-state index contributed by atoms with van der Waals surface area (Å²) in [4.78, 5) is 30.5. The smallest absolute Gasteiger partial charge is 0.221 e. The van der Waals surface area contributed by atoms with E-state index in [4.69, 9.17) is 16.3 Å². The Labute approximate surface area is 167 Å². The molecule has 3 fully saturated rings. The molecule has 4 aliphatic carbocycles. The zero-order chi connectivity index (χ0) is 20.1. The lowest BCUT2D eigenvalue weighted by molar-refractivity contribution is -0.147. The number of allylic oxidation sites excluding steroid dienone is 2. The van der Waals surface area contributed by atoms with Crippen LogP contribution < -0.4 is 16.9 Å². The Hall–Kier alpha value is -1.40. The average Bonchev–Trinajstić information content (AvgIpc) is 2.96. The van der Waals surface area contributed by atoms with Gasteiger partial charge in [0.1, 0.15) is 5.78 Å². The molecule has 0 radical (unpaired) electrons. The summed E-state index contributed by atoms with van der Waals surface area (Å²) < 4.78 is 0. The highest BCUT2D eigenvalue weighted by molar-refractivity contribution is 5.87. The zero-order valence-electron chi connectivity index (χ0n) is 17.2. The van der Waals surface area contributed by atoms with Crippen molar-refractivity contribution in [3.8, 4) is 0 Å². The summed E-state index contributed by atoms with van der Waals surface area (Å²) in [6, 6.07) is 0. The van der Waals surface area contributed by atoms with E-state index in [2.05, 4.69) is 25.4 Å². The topological polar surface area (TPSA) is 107 Å². The number of carbonyl (C=O) groups is 2. The summed E-state index contributed by atoms with van der Waals surface area (Å²) in [6.07, 6.45) is 8.73. The number of amides is 1. The highest BCUT2D eigenvalue weighted by Crippen LogP contribution is 2.66. The van der Waals surface area contributed by atoms with Crippen molar-refractivity contribution in [2.24, 2.45) is 51.9 Å². The van der Waals surface area contributed by atoms with Crippen LogP contribution in [0.2, 0.25) is 0 Å². The van der Waals surface area contributed by atoms with Crippen LogP contribution in [0.3, 0.4) is 0 Å². The SMILES string of the molecule is C[C@]12CCC(NOCCN)=CC1[C@@H](C(N)=O)C[C@@H]1[C@@H]2CC[C@]2(C)C(=O)CC[C@@H]12. The van der Waals surface area contributed by atoms with E-state index >= 15 is 0 Å². The lowest BCUT2D eigenvalue weighted by Crippen LogP contribution is -2.57. The van der Waals surface area contributed by atoms with Crippen LogP contribution in [-0.2, 0) is 14.4 Å². The maximum atomic E-state index is 12.6. The van der Waals surface area contributed by atoms with Crippen LogP contribution in [0, 0.1) is 40.4 Å². The number of primary amides is 1. The van der Waals surface area contributed by atoms with Crippen molar-refractivity contribution < 1.29 is 14.4 Å². The van der Waals surface area contributed by atoms with E-state index in [1.807, 2.05) is 0 Å². The number of nitrogens with two attached hydrogens (primary N) is 2. The number of ketones is 1. The third-order valence-corrected chi connectivity index (χ3v) is 8.82. The van der Waals surface area contributed by atoms with E-state index in [1.165, 1.54) is 0 Å². The Morgan fingerprint density at radius 3 is 2.75 bits per heavy atom. The van der Waals surface area contributed by atoms with Crippen molar-refractivity contribution in [3.05, 3.63) is 11.8 Å². The number of Topliss-reactive ketones (excluding diaryl/α,β-unsaturated/α-hetero) is 1. The molecule has 6 nitrogen and oxygen atoms in total. The number of hydroxylamine groups is 1. The summed E-state index contributed by atoms with van der Waals surface area (Å²) in [5, 5.41) is 0. The minimum Gasteiger partial charge on any atom is -0.369 e. The van der Waals surface area contributed by atoms with Crippen LogP contribution in [0.5, 0.6) is 0 Å². The lowest BCUT2D eigenvalue weighted by Gasteiger charge is -2.60. The second-order valence-corrected chi connectivity index (χ2v) is 10.0. The van der Waals surface area contributed by atoms with Gasteiger partial charge in [-0.25, -0.2) is 0 Å². The van der Waals surface area contributed by atoms with Crippen molar-refractivity contribution in [2.45, 2.75) is 58.8 Å². The van der Waals surface area contributed by atoms with Crippen molar-refractivity contribution in [2.75, 3.05) is 13.2 Å². The molecule has 1 unspecified atom stereocenters. The van der Waals surface area contributed by atoms with Crippen molar-refractivity contribution >= 4 is 11.7 Å². The molecule has 0 spiro atoms. The van der Waals surface area contributed by atoms with Crippen molar-refractivity contribution in [3.63, 3.8) is 0 Å². The first-order valence-corrected chi connectivity index (χ1v) is 10.9. The first-order valence-electron chi connectivity index (χ1n) is 10.9. The van der Waals surface area contributed by atoms with Crippen LogP contribution in [0.1, 0.15) is 58.8 Å². The molecule has 1 amide bonds. The van der Waals surface area contributed by atoms with Gasteiger partial charge in [-0.3, -0.25) is 19.9 Å². The van der Waals surface area contributed by atoms with Crippen molar-refractivity contribution in [1.82, 2.24) is 5.48 Å². The van der Waals surface area contributed by atoms with Gasteiger partial charge in [-0.15, -0.1) is 0 Å². The molecule has 3 saturated carbocycles. The predicted octanol–water partition coefficient (Wildman–Crippen LogP) is 2.28. The second kappa shape index (κ2) is 7.13. The van der Waals surface area contributed by atoms with E-state index in [0.717, 1.165) is 44.2 Å². The number of carbonyl (C=O) groups excluding carboxylic acids is 2. The maximum absolute atomic E-state index is 12.6. The summed E-state index contributed by atoms with van der Waals surface area (Å²) >= 11 is 0. The Morgan fingerprint density at radius 1 is 1.25 bits per heavy atom. The third kappa shape index (κ3) is 2.91. The van der Waals surface area contributed by atoms with Crippen LogP contribution in [0.25, 0.3) is 0 Å². The molecule has 6 heteroatoms. The summed E-state index contributed by atoms with van der Waals surface area (Å²) in [7, 11) is 0. The summed E-state index contributed by atoms with van der Waals surface area (Å²) in [5.41, 5.74) is 15.4. The third-order valence-electron chi connectivity index (χ3n) is 8.82. The van der Waals surface area contributed by atoms with Crippen LogP contribution in [0.15, 0.2) is 11.8 Å². The van der Waals surface area contributed by atoms with Crippen molar-refractivity contribution in [1.29, 1.82) is 0 Å². The fraction of sp³-hybridized carbons (Fsp3) is 0.818. The maximum Gasteiger partial charge on any atom is 0.221 e. The van der Waals surface area contributed by atoms with Gasteiger partial charge in [0.2, 0.25) is 5.91 Å². The Morgan fingerprint density at radius 2 is 2.04 bits per heavy atom. The van der Waals surface area contributed by atoms with Crippen LogP contribution in [-0.4, -0.2) is 24.8 Å². The number of rotatable bonds is 5. The number of fused-ring (bicyclic) bond motifs is 5. The number of hydrogen-bond donors (Lipinski definition) is 3. The van der Waals surface area contributed by atoms with Gasteiger partial charge >= 0.3 is 0 Å². The van der Waals surface area contributed by atoms with Gasteiger partial charge in [0.25, 0.3) is 0 Å². The highest BCUT2D eigenvalue weighted by atomic mass is 16.6. The van der Waals surface area contributed by atoms with Gasteiger partial charge < -0.3 is 11.5 Å². The van der Waals surface area contributed by atoms with Crippen LogP contribution >= 0.6 is 0 Å². The molecule has 7 atom stereocenters. The number of nitrogens with one attached hydrogen (secondary N) is 1. The molecule has 0 aromatic carbocycles. The predicted molar refractivity (Wildman–Crippen MR) is 106 cm³/mol. The molecule has 0 aliphatic heterocycles. The first kappa shape index (κ1) is 19.9. The number of hydrogen-bond acceptors (Lipinski definition) is 5.